The molecular weight excluding hydrogens is 448 g/mol. The van der Waals surface area contributed by atoms with Crippen molar-refractivity contribution < 1.29 is 13.2 Å². The second kappa shape index (κ2) is 8.36. The summed E-state index contributed by atoms with van der Waals surface area (Å²) in [6.45, 7) is 2.76. The molecule has 1 aliphatic carbocycles. The Morgan fingerprint density at radius 1 is 0.941 bits per heavy atom. The van der Waals surface area contributed by atoms with Crippen LogP contribution >= 0.6 is 0 Å². The van der Waals surface area contributed by atoms with Crippen LogP contribution in [0, 0.1) is 5.92 Å². The van der Waals surface area contributed by atoms with E-state index in [9.17, 15) is 13.2 Å². The Balaban J connectivity index is 1.15. The van der Waals surface area contributed by atoms with Gasteiger partial charge < -0.3 is 4.90 Å². The number of likely N-dealkylation sites (tertiary alicyclic amines) is 1. The highest BCUT2D eigenvalue weighted by Crippen LogP contribution is 2.37. The number of benzene rings is 2. The van der Waals surface area contributed by atoms with E-state index >= 15 is 0 Å². The van der Waals surface area contributed by atoms with Crippen LogP contribution in [0.2, 0.25) is 0 Å². The van der Waals surface area contributed by atoms with Crippen molar-refractivity contribution in [2.24, 2.45) is 5.92 Å². The lowest BCUT2D eigenvalue weighted by Gasteiger charge is -2.41. The fourth-order valence-corrected chi connectivity index (χ4v) is 6.66. The van der Waals surface area contributed by atoms with Crippen LogP contribution in [0.4, 0.5) is 5.69 Å². The van der Waals surface area contributed by atoms with Gasteiger partial charge in [-0.1, -0.05) is 18.2 Å². The molecule has 6 rings (SSSR count). The summed E-state index contributed by atoms with van der Waals surface area (Å²) in [4.78, 5) is 22.2. The van der Waals surface area contributed by atoms with Gasteiger partial charge in [0.05, 0.1) is 5.52 Å². The van der Waals surface area contributed by atoms with E-state index in [2.05, 4.69) is 14.6 Å². The van der Waals surface area contributed by atoms with Crippen molar-refractivity contribution in [3.05, 3.63) is 66.4 Å². The number of piperazine rings is 1. The molecule has 7 nitrogen and oxygen atoms in total. The molecular formula is C26H28N4O3S. The summed E-state index contributed by atoms with van der Waals surface area (Å²) in [5, 5.41) is 0.762. The monoisotopic (exact) mass is 476 g/mol. The number of rotatable bonds is 6. The summed E-state index contributed by atoms with van der Waals surface area (Å²) >= 11 is 0. The number of para-hydroxylation sites is 1. The molecule has 1 amide bonds. The molecule has 2 unspecified atom stereocenters. The van der Waals surface area contributed by atoms with Gasteiger partial charge in [0.15, 0.2) is 0 Å². The van der Waals surface area contributed by atoms with Gasteiger partial charge in [-0.05, 0) is 68.0 Å². The van der Waals surface area contributed by atoms with E-state index in [0.29, 0.717) is 28.9 Å². The molecule has 2 atom stereocenters. The topological polar surface area (TPSA) is 82.6 Å². The van der Waals surface area contributed by atoms with Crippen molar-refractivity contribution in [3.8, 4) is 0 Å². The maximum atomic E-state index is 13.2. The molecule has 3 aliphatic rings. The minimum Gasteiger partial charge on any atom is -0.336 e. The molecule has 2 aromatic carbocycles. The molecule has 1 saturated carbocycles. The van der Waals surface area contributed by atoms with Gasteiger partial charge in [0, 0.05) is 54.6 Å². The van der Waals surface area contributed by atoms with Crippen molar-refractivity contribution in [1.82, 2.24) is 14.8 Å². The minimum atomic E-state index is -3.82. The van der Waals surface area contributed by atoms with Crippen LogP contribution in [0.25, 0.3) is 10.9 Å². The molecule has 0 radical (unpaired) electrons. The second-order valence-corrected chi connectivity index (χ2v) is 11.4. The predicted octanol–water partition coefficient (Wildman–Crippen LogP) is 3.73. The van der Waals surface area contributed by atoms with Gasteiger partial charge in [-0.25, -0.2) is 8.42 Å². The van der Waals surface area contributed by atoms with E-state index in [-0.39, 0.29) is 10.8 Å². The lowest BCUT2D eigenvalue weighted by Crippen LogP contribution is -2.55. The molecule has 0 spiro atoms. The molecule has 8 heteroatoms. The average Bonchev–Trinajstić information content (AvgIpc) is 3.63. The number of nitrogens with zero attached hydrogens (tertiary/aromatic N) is 3. The Morgan fingerprint density at radius 3 is 2.35 bits per heavy atom. The van der Waals surface area contributed by atoms with Crippen LogP contribution in [0.1, 0.15) is 36.0 Å². The number of hydrogen-bond acceptors (Lipinski definition) is 5. The molecule has 3 aromatic rings. The first kappa shape index (κ1) is 21.6. The standard InChI is InChI=1S/C26H28N4O3S/c31-26(29-16-22-12-13-23(17-29)30(22)15-18-6-7-18)20-8-10-21(11-9-20)28-34(32,33)24-5-1-3-19-4-2-14-27-25(19)24/h1-5,8-11,14,18,22-23,28H,6-7,12-13,15-17H2. The van der Waals surface area contributed by atoms with Crippen molar-refractivity contribution in [2.45, 2.75) is 42.7 Å². The van der Waals surface area contributed by atoms with E-state index in [1.807, 2.05) is 17.0 Å². The zero-order valence-electron chi connectivity index (χ0n) is 18.9. The first-order chi connectivity index (χ1) is 16.5. The summed E-state index contributed by atoms with van der Waals surface area (Å²) < 4.78 is 28.7. The van der Waals surface area contributed by atoms with Crippen LogP contribution in [0.5, 0.6) is 0 Å². The van der Waals surface area contributed by atoms with Gasteiger partial charge in [0.2, 0.25) is 0 Å². The number of sulfonamides is 1. The number of hydrogen-bond donors (Lipinski definition) is 1. The number of pyridine rings is 1. The number of carbonyl (C=O) groups is 1. The Labute approximate surface area is 199 Å². The lowest BCUT2D eigenvalue weighted by atomic mass is 10.1. The molecule has 2 saturated heterocycles. The van der Waals surface area contributed by atoms with Gasteiger partial charge >= 0.3 is 0 Å². The number of nitrogens with one attached hydrogen (secondary N) is 1. The first-order valence-corrected chi connectivity index (χ1v) is 13.5. The highest BCUT2D eigenvalue weighted by molar-refractivity contribution is 7.93. The molecule has 1 N–H and O–H groups in total. The number of carbonyl (C=O) groups excluding carboxylic acids is 1. The van der Waals surface area contributed by atoms with Crippen LogP contribution in [0.15, 0.2) is 65.7 Å². The van der Waals surface area contributed by atoms with Crippen LogP contribution < -0.4 is 4.72 Å². The van der Waals surface area contributed by atoms with Crippen LogP contribution in [0.3, 0.4) is 0 Å². The fourth-order valence-electron chi connectivity index (χ4n) is 5.42. The normalized spacial score (nSPS) is 22.8. The molecule has 2 aliphatic heterocycles. The smallest absolute Gasteiger partial charge is 0.264 e. The third kappa shape index (κ3) is 4.05. The molecule has 34 heavy (non-hydrogen) atoms. The molecule has 176 valence electrons. The highest BCUT2D eigenvalue weighted by atomic mass is 32.2. The average molecular weight is 477 g/mol. The largest absolute Gasteiger partial charge is 0.336 e. The zero-order chi connectivity index (χ0) is 23.3. The third-order valence-electron chi connectivity index (χ3n) is 7.36. The molecule has 2 bridgehead atoms. The van der Waals surface area contributed by atoms with Gasteiger partial charge in [0.25, 0.3) is 15.9 Å². The summed E-state index contributed by atoms with van der Waals surface area (Å²) in [6, 6.07) is 16.4. The second-order valence-electron chi connectivity index (χ2n) is 9.75. The number of aromatic nitrogens is 1. The Morgan fingerprint density at radius 2 is 1.65 bits per heavy atom. The summed E-state index contributed by atoms with van der Waals surface area (Å²) in [5.41, 5.74) is 1.43. The summed E-state index contributed by atoms with van der Waals surface area (Å²) in [7, 11) is -3.82. The zero-order valence-corrected chi connectivity index (χ0v) is 19.7. The van der Waals surface area contributed by atoms with Crippen molar-refractivity contribution in [3.63, 3.8) is 0 Å². The summed E-state index contributed by atoms with van der Waals surface area (Å²) in [5.74, 6) is 0.891. The maximum Gasteiger partial charge on any atom is 0.264 e. The van der Waals surface area contributed by atoms with Crippen LogP contribution in [-0.2, 0) is 10.0 Å². The van der Waals surface area contributed by atoms with Crippen LogP contribution in [-0.4, -0.2) is 60.8 Å². The van der Waals surface area contributed by atoms with Gasteiger partial charge in [-0.2, -0.15) is 0 Å². The quantitative estimate of drug-likeness (QED) is 0.586. The fraction of sp³-hybridized carbons (Fsp3) is 0.385. The van der Waals surface area contributed by atoms with E-state index in [0.717, 1.165) is 24.4 Å². The Bertz CT molecular complexity index is 1320. The van der Waals surface area contributed by atoms with Crippen molar-refractivity contribution in [2.75, 3.05) is 24.4 Å². The molecule has 1 aromatic heterocycles. The van der Waals surface area contributed by atoms with E-state index < -0.39 is 10.0 Å². The van der Waals surface area contributed by atoms with Gasteiger partial charge in [-0.15, -0.1) is 0 Å². The Hall–Kier alpha value is -2.97. The van der Waals surface area contributed by atoms with Gasteiger partial charge in [0.1, 0.15) is 4.90 Å². The molecule has 3 fully saturated rings. The SMILES string of the molecule is O=C(c1ccc(NS(=O)(=O)c2cccc3cccnc23)cc1)N1CC2CCC(C1)N2CC1CC1. The number of fused-ring (bicyclic) bond motifs is 3. The van der Waals surface area contributed by atoms with E-state index in [4.69, 9.17) is 0 Å². The molecule has 3 heterocycles. The van der Waals surface area contributed by atoms with E-state index in [1.54, 1.807) is 48.7 Å². The van der Waals surface area contributed by atoms with E-state index in [1.165, 1.54) is 32.2 Å². The Kier molecular flexibility index (Phi) is 5.30. The number of amides is 1. The third-order valence-corrected chi connectivity index (χ3v) is 8.77. The number of anilines is 1. The maximum absolute atomic E-state index is 13.2. The minimum absolute atomic E-state index is 0.0237. The first-order valence-electron chi connectivity index (χ1n) is 12.0. The van der Waals surface area contributed by atoms with Crippen molar-refractivity contribution in [1.29, 1.82) is 0 Å². The van der Waals surface area contributed by atoms with Gasteiger partial charge in [-0.3, -0.25) is 19.4 Å². The lowest BCUT2D eigenvalue weighted by molar-refractivity contribution is 0.0435. The predicted molar refractivity (Wildman–Crippen MR) is 131 cm³/mol. The van der Waals surface area contributed by atoms with Crippen molar-refractivity contribution >= 4 is 32.5 Å². The highest BCUT2D eigenvalue weighted by Gasteiger charge is 2.43. The summed E-state index contributed by atoms with van der Waals surface area (Å²) in [6.07, 6.45) is 6.63.